The predicted molar refractivity (Wildman–Crippen MR) is 267 cm³/mol. The molecule has 1 aliphatic carbocycles. The maximum atomic E-state index is 14.5. The Bertz CT molecular complexity index is 2090. The predicted octanol–water partition coefficient (Wildman–Crippen LogP) is 6.03. The van der Waals surface area contributed by atoms with Crippen molar-refractivity contribution < 1.29 is 82.7 Å². The fraction of sp³-hybridized carbons (Fsp3) is 0.722. The summed E-state index contributed by atoms with van der Waals surface area (Å²) >= 11 is 0. The van der Waals surface area contributed by atoms with E-state index in [4.69, 9.17) is 28.5 Å². The van der Waals surface area contributed by atoms with Crippen LogP contribution in [0.2, 0.25) is 0 Å². The maximum absolute atomic E-state index is 14.5. The number of aliphatic hydroxyl groups excluding tert-OH is 1. The number of esters is 1. The largest absolute Gasteiger partial charge is 0.460 e. The minimum atomic E-state index is -2.64. The number of carbonyl (C=O) groups is 7. The third-order valence-electron chi connectivity index (χ3n) is 15.4. The van der Waals surface area contributed by atoms with Crippen LogP contribution in [-0.2, 0) is 57.3 Å². The van der Waals surface area contributed by atoms with E-state index in [-0.39, 0.29) is 62.1 Å². The van der Waals surface area contributed by atoms with E-state index >= 15 is 0 Å². The Hall–Kier alpha value is -4.67. The fourth-order valence-corrected chi connectivity index (χ4v) is 10.9. The van der Waals surface area contributed by atoms with E-state index < -0.39 is 108 Å². The van der Waals surface area contributed by atoms with E-state index in [9.17, 15) is 54.2 Å². The SMILES string of the molecule is COC(=O)N(O)[C@H]1C[C@@H]2CC[C@@H](C)[C@@](O)(O2)C(=O)C(=O)N2CCCC[C@H]2C(=O)O[C@H]([C@H](C)C[C@@H]2CC[C@@H](C(=O)ON(C)O)[C@H](OC)C2)CC(=O)[C@H](C)/C=C(\C)[C@@H](O)[C@@H](OC)C(=O)[C@H](C)C[C@H](C)/C=C/C=C/C=C/1C. The molecule has 4 rings (SSSR count). The van der Waals surface area contributed by atoms with Crippen LogP contribution >= 0.6 is 0 Å². The molecule has 4 N–H and O–H groups in total. The zero-order chi connectivity index (χ0) is 55.2. The lowest BCUT2D eigenvalue weighted by atomic mass is 9.75. The molecule has 3 heterocycles. The van der Waals surface area contributed by atoms with Gasteiger partial charge in [0.1, 0.15) is 30.1 Å². The van der Waals surface area contributed by atoms with Crippen LogP contribution in [0.15, 0.2) is 47.6 Å². The molecule has 74 heavy (non-hydrogen) atoms. The van der Waals surface area contributed by atoms with Crippen molar-refractivity contribution in [3.8, 4) is 0 Å². The van der Waals surface area contributed by atoms with Crippen molar-refractivity contribution >= 4 is 41.3 Å². The number of ether oxygens (including phenoxy) is 5. The van der Waals surface area contributed by atoms with Gasteiger partial charge >= 0.3 is 18.0 Å². The number of cyclic esters (lactones) is 1. The summed E-state index contributed by atoms with van der Waals surface area (Å²) in [5.41, 5.74) is 0.807. The van der Waals surface area contributed by atoms with Crippen LogP contribution in [0.25, 0.3) is 0 Å². The first-order valence-electron chi connectivity index (χ1n) is 26.0. The Kier molecular flexibility index (Phi) is 23.8. The molecule has 0 unspecified atom stereocenters. The van der Waals surface area contributed by atoms with Crippen LogP contribution in [0.4, 0.5) is 4.79 Å². The molecule has 1 saturated carbocycles. The molecule has 0 aromatic carbocycles. The highest BCUT2D eigenvalue weighted by molar-refractivity contribution is 6.39. The molecule has 3 aliphatic heterocycles. The van der Waals surface area contributed by atoms with Gasteiger partial charge in [0, 0.05) is 51.4 Å². The molecule has 2 amide bonds. The number of carbonyl (C=O) groups excluding carboxylic acids is 7. The summed E-state index contributed by atoms with van der Waals surface area (Å²) < 4.78 is 28.5. The van der Waals surface area contributed by atoms with Gasteiger partial charge in [-0.1, -0.05) is 71.1 Å². The van der Waals surface area contributed by atoms with Crippen molar-refractivity contribution in [2.75, 3.05) is 34.9 Å². The fourth-order valence-electron chi connectivity index (χ4n) is 10.9. The van der Waals surface area contributed by atoms with Gasteiger partial charge in [0.2, 0.25) is 5.79 Å². The number of aliphatic hydroxyl groups is 2. The number of hydroxylamine groups is 4. The minimum absolute atomic E-state index is 0.0208. The number of nitrogens with zero attached hydrogens (tertiary/aromatic N) is 3. The van der Waals surface area contributed by atoms with Gasteiger partial charge in [-0.05, 0) is 112 Å². The number of ketones is 3. The summed E-state index contributed by atoms with van der Waals surface area (Å²) in [6.45, 7) is 12.0. The van der Waals surface area contributed by atoms with Crippen molar-refractivity contribution in [2.24, 2.45) is 41.4 Å². The van der Waals surface area contributed by atoms with Gasteiger partial charge in [0.05, 0.1) is 38.3 Å². The van der Waals surface area contributed by atoms with E-state index in [1.807, 2.05) is 19.9 Å². The lowest BCUT2D eigenvalue weighted by molar-refractivity contribution is -0.306. The summed E-state index contributed by atoms with van der Waals surface area (Å²) in [5.74, 6) is -10.8. The van der Waals surface area contributed by atoms with E-state index in [1.165, 1.54) is 21.3 Å². The van der Waals surface area contributed by atoms with Crippen LogP contribution < -0.4 is 0 Å². The molecule has 0 spiro atoms. The Balaban J connectivity index is 1.74. The summed E-state index contributed by atoms with van der Waals surface area (Å²) in [6, 6.07) is -2.33. The molecule has 15 atom stereocenters. The van der Waals surface area contributed by atoms with Crippen LogP contribution in [0.3, 0.4) is 0 Å². The van der Waals surface area contributed by atoms with Crippen LogP contribution in [0, 0.1) is 41.4 Å². The first-order valence-corrected chi connectivity index (χ1v) is 26.0. The molecule has 416 valence electrons. The molecule has 20 nitrogen and oxygen atoms in total. The number of fused-ring (bicyclic) bond motifs is 3. The van der Waals surface area contributed by atoms with Crippen molar-refractivity contribution in [3.63, 3.8) is 0 Å². The number of allylic oxidation sites excluding steroid dienone is 6. The number of hydrogen-bond donors (Lipinski definition) is 4. The highest BCUT2D eigenvalue weighted by Gasteiger charge is 2.53. The number of Topliss-reactive ketones (excluding diaryl/α,β-unsaturated/α-hetero) is 3. The number of methoxy groups -OCH3 is 3. The van der Waals surface area contributed by atoms with Crippen molar-refractivity contribution in [2.45, 2.75) is 174 Å². The minimum Gasteiger partial charge on any atom is -0.460 e. The highest BCUT2D eigenvalue weighted by Crippen LogP contribution is 2.39. The van der Waals surface area contributed by atoms with E-state index in [1.54, 1.807) is 65.0 Å². The zero-order valence-corrected chi connectivity index (χ0v) is 45.2. The highest BCUT2D eigenvalue weighted by atomic mass is 16.9. The molecule has 2 bridgehead atoms. The lowest BCUT2D eigenvalue weighted by Gasteiger charge is -2.43. The van der Waals surface area contributed by atoms with Crippen LogP contribution in [0.1, 0.15) is 126 Å². The second-order valence-corrected chi connectivity index (χ2v) is 21.1. The molecule has 0 radical (unpaired) electrons. The molecule has 0 aromatic rings. The third-order valence-corrected chi connectivity index (χ3v) is 15.4. The molecule has 0 aromatic heterocycles. The van der Waals surface area contributed by atoms with Crippen molar-refractivity contribution in [1.82, 2.24) is 15.2 Å². The zero-order valence-electron chi connectivity index (χ0n) is 45.2. The first-order chi connectivity index (χ1) is 34.9. The topological polar surface area (TPSA) is 266 Å². The molecular formula is C54H83N3O17. The Morgan fingerprint density at radius 3 is 2.24 bits per heavy atom. The van der Waals surface area contributed by atoms with Gasteiger partial charge in [0.15, 0.2) is 5.78 Å². The normalized spacial score (nSPS) is 36.8. The average molecular weight is 1050 g/mol. The standard InChI is InChI=1S/C54H83N3O17/c1-31-17-13-12-14-18-32(2)42(57(68)53(65)71-11)29-39-22-20-37(7)54(66,73-39)49(61)50(62)56-24-16-15-19-41(56)52(64)72-44(34(4)27-38-21-23-40(45(28-38)69-9)51(63)74-55(8)67)30-43(58)33(3)26-36(6)47(60)48(70-10)46(59)35(5)25-31/h12-14,17-18,26,31,33-35,37-42,44-45,47-48,60,66-68H,15-16,19-25,27-30H2,1-11H3/b14-12+,17-13+,32-18+,36-26+/t31-,33-,34-,35-,37-,38+,39+,40-,41+,42+,44+,45-,47-,48+,54-/m1/s1. The second-order valence-electron chi connectivity index (χ2n) is 21.1. The summed E-state index contributed by atoms with van der Waals surface area (Å²) in [7, 11) is 5.09. The Morgan fingerprint density at radius 1 is 0.892 bits per heavy atom. The van der Waals surface area contributed by atoms with Gasteiger partial charge < -0.3 is 43.6 Å². The van der Waals surface area contributed by atoms with E-state index in [2.05, 4.69) is 0 Å². The van der Waals surface area contributed by atoms with Gasteiger partial charge in [-0.3, -0.25) is 29.6 Å². The maximum Gasteiger partial charge on any atom is 0.434 e. The molecule has 4 aliphatic rings. The molecule has 2 saturated heterocycles. The van der Waals surface area contributed by atoms with Crippen LogP contribution in [0.5, 0.6) is 0 Å². The van der Waals surface area contributed by atoms with Gasteiger partial charge in [-0.2, -0.15) is 5.06 Å². The Labute approximate surface area is 435 Å². The van der Waals surface area contributed by atoms with E-state index in [0.29, 0.717) is 66.4 Å². The molecule has 20 heteroatoms. The average Bonchev–Trinajstić information content (AvgIpc) is 3.36. The van der Waals surface area contributed by atoms with Gasteiger partial charge in [-0.25, -0.2) is 14.4 Å². The first kappa shape index (κ1) is 61.9. The lowest BCUT2D eigenvalue weighted by Crippen LogP contribution is -2.61. The number of piperidine rings is 1. The monoisotopic (exact) mass is 1050 g/mol. The molecular weight excluding hydrogens is 963 g/mol. The number of amides is 2. The van der Waals surface area contributed by atoms with Crippen LogP contribution in [-0.4, -0.2) is 160 Å². The smallest absolute Gasteiger partial charge is 0.434 e. The second kappa shape index (κ2) is 28.5. The quantitative estimate of drug-likeness (QED) is 0.0711. The summed E-state index contributed by atoms with van der Waals surface area (Å²) in [4.78, 5) is 103. The van der Waals surface area contributed by atoms with Gasteiger partial charge in [0.25, 0.3) is 11.7 Å². The van der Waals surface area contributed by atoms with Crippen molar-refractivity contribution in [3.05, 3.63) is 47.6 Å². The van der Waals surface area contributed by atoms with Gasteiger partial charge in [-0.15, -0.1) is 0 Å². The number of rotatable bonds is 8. The Morgan fingerprint density at radius 2 is 1.59 bits per heavy atom. The molecule has 3 fully saturated rings. The van der Waals surface area contributed by atoms with E-state index in [0.717, 1.165) is 12.0 Å². The summed E-state index contributed by atoms with van der Waals surface area (Å²) in [6.07, 6.45) is 7.44. The third kappa shape index (κ3) is 16.2. The number of hydrogen-bond acceptors (Lipinski definition) is 18. The van der Waals surface area contributed by atoms with Crippen molar-refractivity contribution in [1.29, 1.82) is 0 Å². The summed E-state index contributed by atoms with van der Waals surface area (Å²) in [5, 5.41) is 44.9.